The van der Waals surface area contributed by atoms with Crippen molar-refractivity contribution in [2.45, 2.75) is 5.41 Å². The summed E-state index contributed by atoms with van der Waals surface area (Å²) in [6, 6.07) is 46.7. The Morgan fingerprint density at radius 3 is 1.62 bits per heavy atom. The van der Waals surface area contributed by atoms with Crippen LogP contribution in [0.4, 0.5) is 0 Å². The van der Waals surface area contributed by atoms with Gasteiger partial charge in [0.05, 0.1) is 5.41 Å². The molecular formula is C31H23B. The molecule has 1 aliphatic carbocycles. The molecular weight excluding hydrogens is 383 g/mol. The summed E-state index contributed by atoms with van der Waals surface area (Å²) in [5.74, 6) is 0. The van der Waals surface area contributed by atoms with Gasteiger partial charge < -0.3 is 0 Å². The molecule has 0 unspecified atom stereocenters. The minimum absolute atomic E-state index is 0.338. The van der Waals surface area contributed by atoms with E-state index in [9.17, 15) is 0 Å². The summed E-state index contributed by atoms with van der Waals surface area (Å²) < 4.78 is 0. The third-order valence-electron chi connectivity index (χ3n) is 6.84. The number of rotatable bonds is 3. The Bertz CT molecular complexity index is 1360. The number of hydrogen-bond donors (Lipinski definition) is 0. The molecule has 0 fully saturated rings. The van der Waals surface area contributed by atoms with Crippen LogP contribution < -0.4 is 5.46 Å². The largest absolute Gasteiger partial charge is 0.139 e. The van der Waals surface area contributed by atoms with Crippen LogP contribution >= 0.6 is 0 Å². The Labute approximate surface area is 190 Å². The maximum Gasteiger partial charge on any atom is 0.139 e. The first-order chi connectivity index (χ1) is 15.8. The Hall–Kier alpha value is -3.84. The molecule has 0 aromatic heterocycles. The SMILES string of the molecule is Bc1ccc(-c2ccc3c(c2)C(c2ccccc2)(c2ccccc2)c2ccccc2-3)cc1. The molecule has 0 radical (unpaired) electrons. The van der Waals surface area contributed by atoms with Gasteiger partial charge in [0.25, 0.3) is 0 Å². The van der Waals surface area contributed by atoms with Crippen LogP contribution in [0, 0.1) is 0 Å². The molecule has 0 atom stereocenters. The average molecular weight is 406 g/mol. The Balaban J connectivity index is 1.72. The zero-order chi connectivity index (χ0) is 21.5. The fourth-order valence-electron chi connectivity index (χ4n) is 5.37. The maximum atomic E-state index is 2.42. The van der Waals surface area contributed by atoms with Gasteiger partial charge >= 0.3 is 0 Å². The molecule has 0 heterocycles. The quantitative estimate of drug-likeness (QED) is 0.318. The van der Waals surface area contributed by atoms with Crippen LogP contribution in [0.3, 0.4) is 0 Å². The molecule has 5 aromatic carbocycles. The van der Waals surface area contributed by atoms with Gasteiger partial charge in [0.2, 0.25) is 0 Å². The van der Waals surface area contributed by atoms with E-state index >= 15 is 0 Å². The van der Waals surface area contributed by atoms with E-state index in [1.807, 2.05) is 0 Å². The molecule has 150 valence electrons. The van der Waals surface area contributed by atoms with Crippen LogP contribution in [0.15, 0.2) is 127 Å². The highest BCUT2D eigenvalue weighted by molar-refractivity contribution is 6.32. The summed E-state index contributed by atoms with van der Waals surface area (Å²) in [6.45, 7) is 0. The van der Waals surface area contributed by atoms with Gasteiger partial charge in [-0.1, -0.05) is 127 Å². The lowest BCUT2D eigenvalue weighted by Gasteiger charge is -2.34. The molecule has 0 saturated heterocycles. The van der Waals surface area contributed by atoms with Gasteiger partial charge in [-0.15, -0.1) is 0 Å². The lowest BCUT2D eigenvalue weighted by molar-refractivity contribution is 0.769. The van der Waals surface area contributed by atoms with Crippen molar-refractivity contribution >= 4 is 13.3 Å². The summed E-state index contributed by atoms with van der Waals surface area (Å²) in [4.78, 5) is 0. The van der Waals surface area contributed by atoms with E-state index in [-0.39, 0.29) is 5.41 Å². The van der Waals surface area contributed by atoms with Crippen molar-refractivity contribution in [3.05, 3.63) is 150 Å². The lowest BCUT2D eigenvalue weighted by atomic mass is 9.67. The zero-order valence-electron chi connectivity index (χ0n) is 18.1. The topological polar surface area (TPSA) is 0 Å². The van der Waals surface area contributed by atoms with Gasteiger partial charge in [-0.25, -0.2) is 0 Å². The third kappa shape index (κ3) is 2.71. The van der Waals surface area contributed by atoms with E-state index < -0.39 is 0 Å². The molecule has 0 saturated carbocycles. The van der Waals surface area contributed by atoms with Crippen LogP contribution in [-0.4, -0.2) is 7.85 Å². The molecule has 0 spiro atoms. The van der Waals surface area contributed by atoms with Crippen molar-refractivity contribution in [1.29, 1.82) is 0 Å². The van der Waals surface area contributed by atoms with E-state index in [1.54, 1.807) is 0 Å². The molecule has 0 aliphatic heterocycles. The highest BCUT2D eigenvalue weighted by Crippen LogP contribution is 2.56. The van der Waals surface area contributed by atoms with Crippen LogP contribution in [0.2, 0.25) is 0 Å². The fourth-order valence-corrected chi connectivity index (χ4v) is 5.37. The highest BCUT2D eigenvalue weighted by Gasteiger charge is 2.45. The van der Waals surface area contributed by atoms with Gasteiger partial charge in [-0.2, -0.15) is 0 Å². The minimum atomic E-state index is -0.338. The molecule has 0 bridgehead atoms. The summed E-state index contributed by atoms with van der Waals surface area (Å²) in [7, 11) is 2.14. The summed E-state index contributed by atoms with van der Waals surface area (Å²) in [5, 5.41) is 0. The summed E-state index contributed by atoms with van der Waals surface area (Å²) >= 11 is 0. The monoisotopic (exact) mass is 406 g/mol. The van der Waals surface area contributed by atoms with E-state index in [2.05, 4.69) is 135 Å². The first kappa shape index (κ1) is 18.9. The Morgan fingerprint density at radius 1 is 0.438 bits per heavy atom. The number of benzene rings is 5. The van der Waals surface area contributed by atoms with Crippen molar-refractivity contribution < 1.29 is 0 Å². The van der Waals surface area contributed by atoms with Gasteiger partial charge in [0.1, 0.15) is 7.85 Å². The summed E-state index contributed by atoms with van der Waals surface area (Å²) in [5.41, 5.74) is 11.4. The lowest BCUT2D eigenvalue weighted by Crippen LogP contribution is -2.28. The van der Waals surface area contributed by atoms with Crippen LogP contribution in [0.25, 0.3) is 22.3 Å². The van der Waals surface area contributed by atoms with Crippen molar-refractivity contribution in [2.24, 2.45) is 0 Å². The number of hydrogen-bond acceptors (Lipinski definition) is 0. The predicted molar refractivity (Wildman–Crippen MR) is 137 cm³/mol. The Morgan fingerprint density at radius 2 is 0.969 bits per heavy atom. The summed E-state index contributed by atoms with van der Waals surface area (Å²) in [6.07, 6.45) is 0. The van der Waals surface area contributed by atoms with E-state index in [4.69, 9.17) is 0 Å². The second kappa shape index (κ2) is 7.39. The van der Waals surface area contributed by atoms with Crippen LogP contribution in [0.1, 0.15) is 22.3 Å². The average Bonchev–Trinajstić information content (AvgIpc) is 3.16. The van der Waals surface area contributed by atoms with E-state index in [1.165, 1.54) is 50.0 Å². The molecule has 32 heavy (non-hydrogen) atoms. The van der Waals surface area contributed by atoms with E-state index in [0.29, 0.717) is 0 Å². The van der Waals surface area contributed by atoms with Gasteiger partial charge in [-0.05, 0) is 50.6 Å². The maximum absolute atomic E-state index is 2.42. The first-order valence-electron chi connectivity index (χ1n) is 11.2. The molecule has 0 nitrogen and oxygen atoms in total. The standard InChI is InChI=1S/C31H23B/c32-26-18-15-22(16-19-26)23-17-20-28-27-13-7-8-14-29(27)31(30(28)21-23,24-9-3-1-4-10-24)25-11-5-2-6-12-25/h1-21H,32H2. The van der Waals surface area contributed by atoms with E-state index in [0.717, 1.165) is 0 Å². The van der Waals surface area contributed by atoms with Gasteiger partial charge in [0.15, 0.2) is 0 Å². The van der Waals surface area contributed by atoms with Crippen molar-refractivity contribution in [1.82, 2.24) is 0 Å². The van der Waals surface area contributed by atoms with Crippen LogP contribution in [0.5, 0.6) is 0 Å². The highest BCUT2D eigenvalue weighted by atomic mass is 14.5. The fraction of sp³-hybridized carbons (Fsp3) is 0.0323. The zero-order valence-corrected chi connectivity index (χ0v) is 18.1. The van der Waals surface area contributed by atoms with Crippen molar-refractivity contribution in [3.63, 3.8) is 0 Å². The molecule has 1 heteroatoms. The number of fused-ring (bicyclic) bond motifs is 3. The van der Waals surface area contributed by atoms with Crippen LogP contribution in [-0.2, 0) is 5.41 Å². The van der Waals surface area contributed by atoms with Gasteiger partial charge in [0, 0.05) is 0 Å². The third-order valence-corrected chi connectivity index (χ3v) is 6.84. The minimum Gasteiger partial charge on any atom is -0.0889 e. The predicted octanol–water partition coefficient (Wildman–Crippen LogP) is 5.98. The second-order valence-electron chi connectivity index (χ2n) is 8.65. The smallest absolute Gasteiger partial charge is 0.0889 e. The first-order valence-corrected chi connectivity index (χ1v) is 11.2. The van der Waals surface area contributed by atoms with Crippen molar-refractivity contribution in [2.75, 3.05) is 0 Å². The van der Waals surface area contributed by atoms with Gasteiger partial charge in [-0.3, -0.25) is 0 Å². The van der Waals surface area contributed by atoms with Crippen molar-refractivity contribution in [3.8, 4) is 22.3 Å². The second-order valence-corrected chi connectivity index (χ2v) is 8.65. The molecule has 0 amide bonds. The molecule has 1 aliphatic rings. The Kier molecular flexibility index (Phi) is 4.36. The molecule has 0 N–H and O–H groups in total. The molecule has 5 aromatic rings. The normalized spacial score (nSPS) is 13.4. The molecule has 6 rings (SSSR count).